The van der Waals surface area contributed by atoms with Gasteiger partial charge >= 0.3 is 0 Å². The fourth-order valence-electron chi connectivity index (χ4n) is 2.61. The minimum atomic E-state index is -0.299. The molecule has 2 N–H and O–H groups in total. The number of benzene rings is 1. The van der Waals surface area contributed by atoms with Gasteiger partial charge in [0.1, 0.15) is 0 Å². The van der Waals surface area contributed by atoms with Crippen molar-refractivity contribution in [1.82, 2.24) is 5.32 Å². The molecule has 0 aromatic heterocycles. The lowest BCUT2D eigenvalue weighted by molar-refractivity contribution is -0.127. The van der Waals surface area contributed by atoms with Gasteiger partial charge in [-0.05, 0) is 37.0 Å². The molecule has 1 fully saturated rings. The molecule has 1 aliphatic carbocycles. The van der Waals surface area contributed by atoms with E-state index < -0.39 is 0 Å². The highest BCUT2D eigenvalue weighted by Gasteiger charge is 2.25. The molecule has 2 atom stereocenters. The third kappa shape index (κ3) is 5.89. The van der Waals surface area contributed by atoms with Gasteiger partial charge in [0.25, 0.3) is 0 Å². The van der Waals surface area contributed by atoms with E-state index in [0.29, 0.717) is 13.0 Å². The number of hydrogen-bond donors (Lipinski definition) is 2. The summed E-state index contributed by atoms with van der Waals surface area (Å²) in [6.07, 6.45) is 2.99. The topological polar surface area (TPSA) is 49.3 Å². The Balaban J connectivity index is 1.60. The Morgan fingerprint density at radius 3 is 3.05 bits per heavy atom. The number of amides is 1. The molecule has 1 aliphatic rings. The van der Waals surface area contributed by atoms with E-state index in [0.717, 1.165) is 35.8 Å². The largest absolute Gasteiger partial charge is 0.393 e. The SMILES string of the molecule is O=C(NCCSCc1cccc(Cl)c1)[C@H]1CCC[C@@H](O)C1. The van der Waals surface area contributed by atoms with Crippen molar-refractivity contribution in [3.05, 3.63) is 34.9 Å². The van der Waals surface area contributed by atoms with Crippen LogP contribution in [0.2, 0.25) is 5.02 Å². The number of aliphatic hydroxyl groups is 1. The first-order valence-electron chi connectivity index (χ1n) is 7.43. The Morgan fingerprint density at radius 1 is 1.43 bits per heavy atom. The van der Waals surface area contributed by atoms with Crippen molar-refractivity contribution >= 4 is 29.3 Å². The third-order valence-corrected chi connectivity index (χ3v) is 4.99. The summed E-state index contributed by atoms with van der Waals surface area (Å²) in [6.45, 7) is 0.677. The Bertz CT molecular complexity index is 469. The Morgan fingerprint density at radius 2 is 2.29 bits per heavy atom. The highest BCUT2D eigenvalue weighted by molar-refractivity contribution is 7.98. The van der Waals surface area contributed by atoms with Crippen molar-refractivity contribution in [2.45, 2.75) is 37.5 Å². The van der Waals surface area contributed by atoms with Gasteiger partial charge in [-0.3, -0.25) is 4.79 Å². The molecule has 0 saturated heterocycles. The fourth-order valence-corrected chi connectivity index (χ4v) is 3.63. The average Bonchev–Trinajstić information content (AvgIpc) is 2.47. The monoisotopic (exact) mass is 327 g/mol. The van der Waals surface area contributed by atoms with E-state index in [9.17, 15) is 9.90 Å². The highest BCUT2D eigenvalue weighted by Crippen LogP contribution is 2.24. The van der Waals surface area contributed by atoms with E-state index in [1.807, 2.05) is 18.2 Å². The van der Waals surface area contributed by atoms with Gasteiger partial charge in [-0.15, -0.1) is 0 Å². The normalized spacial score (nSPS) is 22.0. The second-order valence-corrected chi connectivity index (χ2v) is 7.03. The predicted molar refractivity (Wildman–Crippen MR) is 88.6 cm³/mol. The maximum absolute atomic E-state index is 12.0. The van der Waals surface area contributed by atoms with Gasteiger partial charge < -0.3 is 10.4 Å². The van der Waals surface area contributed by atoms with Gasteiger partial charge in [-0.25, -0.2) is 0 Å². The molecule has 1 amide bonds. The number of nitrogens with one attached hydrogen (secondary N) is 1. The lowest BCUT2D eigenvalue weighted by Gasteiger charge is -2.24. The number of hydrogen-bond acceptors (Lipinski definition) is 3. The highest BCUT2D eigenvalue weighted by atomic mass is 35.5. The quantitative estimate of drug-likeness (QED) is 0.789. The fraction of sp³-hybridized carbons (Fsp3) is 0.562. The minimum Gasteiger partial charge on any atom is -0.393 e. The van der Waals surface area contributed by atoms with Crippen LogP contribution >= 0.6 is 23.4 Å². The zero-order chi connectivity index (χ0) is 15.1. The molecular weight excluding hydrogens is 306 g/mol. The number of thioether (sulfide) groups is 1. The Kier molecular flexibility index (Phi) is 6.87. The average molecular weight is 328 g/mol. The summed E-state index contributed by atoms with van der Waals surface area (Å²) >= 11 is 7.72. The Labute approximate surface area is 135 Å². The molecule has 1 aromatic carbocycles. The van der Waals surface area contributed by atoms with Crippen LogP contribution in [0.4, 0.5) is 0 Å². The molecular formula is C16H22ClNO2S. The maximum atomic E-state index is 12.0. The minimum absolute atomic E-state index is 0.00770. The predicted octanol–water partition coefficient (Wildman–Crippen LogP) is 3.24. The van der Waals surface area contributed by atoms with Crippen LogP contribution in [0.1, 0.15) is 31.2 Å². The molecule has 0 spiro atoms. The molecule has 0 heterocycles. The first-order valence-corrected chi connectivity index (χ1v) is 8.96. The second kappa shape index (κ2) is 8.66. The van der Waals surface area contributed by atoms with Crippen LogP contribution in [0.3, 0.4) is 0 Å². The van der Waals surface area contributed by atoms with Crippen molar-refractivity contribution in [3.63, 3.8) is 0 Å². The van der Waals surface area contributed by atoms with E-state index in [2.05, 4.69) is 11.4 Å². The summed E-state index contributed by atoms with van der Waals surface area (Å²) in [5.74, 6) is 1.87. The lowest BCUT2D eigenvalue weighted by atomic mass is 9.87. The van der Waals surface area contributed by atoms with Crippen LogP contribution in [-0.2, 0) is 10.5 Å². The summed E-state index contributed by atoms with van der Waals surface area (Å²) in [6, 6.07) is 7.85. The van der Waals surface area contributed by atoms with Crippen molar-refractivity contribution in [2.24, 2.45) is 5.92 Å². The van der Waals surface area contributed by atoms with Gasteiger partial charge in [0.2, 0.25) is 5.91 Å². The van der Waals surface area contributed by atoms with Crippen molar-refractivity contribution in [1.29, 1.82) is 0 Å². The van der Waals surface area contributed by atoms with Crippen LogP contribution in [0.15, 0.2) is 24.3 Å². The first kappa shape index (κ1) is 16.7. The van der Waals surface area contributed by atoms with Gasteiger partial charge in [0.05, 0.1) is 6.10 Å². The molecule has 0 radical (unpaired) electrons. The van der Waals surface area contributed by atoms with Crippen LogP contribution in [0.25, 0.3) is 0 Å². The smallest absolute Gasteiger partial charge is 0.223 e. The molecule has 5 heteroatoms. The van der Waals surface area contributed by atoms with E-state index in [-0.39, 0.29) is 17.9 Å². The summed E-state index contributed by atoms with van der Waals surface area (Å²) < 4.78 is 0. The van der Waals surface area contributed by atoms with Crippen LogP contribution in [-0.4, -0.2) is 29.4 Å². The molecule has 3 nitrogen and oxygen atoms in total. The van der Waals surface area contributed by atoms with Gasteiger partial charge in [0.15, 0.2) is 0 Å². The molecule has 116 valence electrons. The maximum Gasteiger partial charge on any atom is 0.223 e. The summed E-state index contributed by atoms with van der Waals surface area (Å²) in [5.41, 5.74) is 1.20. The van der Waals surface area contributed by atoms with E-state index in [1.165, 1.54) is 5.56 Å². The van der Waals surface area contributed by atoms with Crippen molar-refractivity contribution < 1.29 is 9.90 Å². The standard InChI is InChI=1S/C16H22ClNO2S/c17-14-5-1-3-12(9-14)11-21-8-7-18-16(20)13-4-2-6-15(19)10-13/h1,3,5,9,13,15,19H,2,4,6-8,10-11H2,(H,18,20)/t13-,15+/m0/s1. The van der Waals surface area contributed by atoms with Crippen LogP contribution in [0.5, 0.6) is 0 Å². The van der Waals surface area contributed by atoms with E-state index in [1.54, 1.807) is 11.8 Å². The Hall–Kier alpha value is -0.710. The van der Waals surface area contributed by atoms with Crippen molar-refractivity contribution in [3.8, 4) is 0 Å². The molecule has 0 bridgehead atoms. The molecule has 0 unspecified atom stereocenters. The van der Waals surface area contributed by atoms with Gasteiger partial charge in [0, 0.05) is 29.0 Å². The lowest BCUT2D eigenvalue weighted by Crippen LogP contribution is -2.36. The third-order valence-electron chi connectivity index (χ3n) is 3.72. The first-order chi connectivity index (χ1) is 10.1. The van der Waals surface area contributed by atoms with Crippen LogP contribution in [0, 0.1) is 5.92 Å². The van der Waals surface area contributed by atoms with E-state index >= 15 is 0 Å². The second-order valence-electron chi connectivity index (χ2n) is 5.49. The molecule has 0 aliphatic heterocycles. The number of carbonyl (C=O) groups is 1. The summed E-state index contributed by atoms with van der Waals surface area (Å²) in [4.78, 5) is 12.0. The molecule has 1 saturated carbocycles. The summed E-state index contributed by atoms with van der Waals surface area (Å²) in [7, 11) is 0. The zero-order valence-corrected chi connectivity index (χ0v) is 13.6. The number of aliphatic hydroxyl groups excluding tert-OH is 1. The van der Waals surface area contributed by atoms with Crippen LogP contribution < -0.4 is 5.32 Å². The van der Waals surface area contributed by atoms with Gasteiger partial charge in [-0.2, -0.15) is 11.8 Å². The number of rotatable bonds is 6. The van der Waals surface area contributed by atoms with Gasteiger partial charge in [-0.1, -0.05) is 30.2 Å². The molecule has 2 rings (SSSR count). The molecule has 21 heavy (non-hydrogen) atoms. The summed E-state index contributed by atoms with van der Waals surface area (Å²) in [5, 5.41) is 13.3. The van der Waals surface area contributed by atoms with E-state index in [4.69, 9.17) is 11.6 Å². The zero-order valence-electron chi connectivity index (χ0n) is 12.1. The number of carbonyl (C=O) groups excluding carboxylic acids is 1. The molecule has 1 aromatic rings. The van der Waals surface area contributed by atoms with Crippen molar-refractivity contribution in [2.75, 3.05) is 12.3 Å². The number of halogens is 1.